The Kier molecular flexibility index (Phi) is 5.44. The van der Waals surface area contributed by atoms with Crippen molar-refractivity contribution in [3.05, 3.63) is 34.4 Å². The van der Waals surface area contributed by atoms with Crippen molar-refractivity contribution in [1.29, 1.82) is 0 Å². The molecule has 1 rings (SSSR count). The van der Waals surface area contributed by atoms with Crippen molar-refractivity contribution in [1.82, 2.24) is 4.72 Å². The summed E-state index contributed by atoms with van der Waals surface area (Å²) in [6, 6.07) is 5.04. The lowest BCUT2D eigenvalue weighted by atomic mass is 10.0. The molecular formula is C12H18N2O4S. The smallest absolute Gasteiger partial charge is 0.258 e. The lowest BCUT2D eigenvalue weighted by Crippen LogP contribution is -2.29. The minimum absolute atomic E-state index is 0.0762. The van der Waals surface area contributed by atoms with Crippen molar-refractivity contribution in [2.75, 3.05) is 6.54 Å². The van der Waals surface area contributed by atoms with Gasteiger partial charge in [-0.3, -0.25) is 10.1 Å². The van der Waals surface area contributed by atoms with Crippen LogP contribution in [0.1, 0.15) is 26.7 Å². The minimum atomic E-state index is -3.69. The highest BCUT2D eigenvalue weighted by molar-refractivity contribution is 7.89. The number of nitrogens with one attached hydrogen (secondary N) is 1. The average molecular weight is 286 g/mol. The minimum Gasteiger partial charge on any atom is -0.258 e. The Hall–Kier alpha value is -1.47. The third-order valence-corrected chi connectivity index (χ3v) is 4.48. The van der Waals surface area contributed by atoms with Gasteiger partial charge in [0.2, 0.25) is 10.0 Å². The summed E-state index contributed by atoms with van der Waals surface area (Å²) >= 11 is 0. The highest BCUT2D eigenvalue weighted by atomic mass is 32.2. The summed E-state index contributed by atoms with van der Waals surface area (Å²) in [5.41, 5.74) is -0.231. The number of hydrogen-bond acceptors (Lipinski definition) is 4. The number of sulfonamides is 1. The maximum Gasteiger partial charge on any atom is 0.270 e. The molecule has 0 aliphatic rings. The number of nitrogens with zero attached hydrogens (tertiary/aromatic N) is 1. The fourth-order valence-corrected chi connectivity index (χ4v) is 2.81. The molecule has 0 heterocycles. The van der Waals surface area contributed by atoms with E-state index >= 15 is 0 Å². The van der Waals surface area contributed by atoms with Crippen molar-refractivity contribution >= 4 is 15.7 Å². The van der Waals surface area contributed by atoms with Crippen LogP contribution >= 0.6 is 0 Å². The Balaban J connectivity index is 2.88. The summed E-state index contributed by atoms with van der Waals surface area (Å²) < 4.78 is 26.5. The van der Waals surface area contributed by atoms with E-state index in [2.05, 4.69) is 4.72 Å². The summed E-state index contributed by atoms with van der Waals surface area (Å²) in [5, 5.41) is 10.6. The van der Waals surface area contributed by atoms with E-state index in [0.717, 1.165) is 18.9 Å². The monoisotopic (exact) mass is 286 g/mol. The molecule has 0 aromatic heterocycles. The summed E-state index contributed by atoms with van der Waals surface area (Å²) in [6.45, 7) is 4.34. The summed E-state index contributed by atoms with van der Waals surface area (Å²) in [4.78, 5) is 9.94. The van der Waals surface area contributed by atoms with Gasteiger partial charge in [0.05, 0.1) is 9.82 Å². The van der Waals surface area contributed by atoms with Crippen molar-refractivity contribution in [2.24, 2.45) is 5.92 Å². The molecular weight excluding hydrogens is 268 g/mol. The van der Waals surface area contributed by atoms with Crippen molar-refractivity contribution < 1.29 is 13.3 Å². The first-order chi connectivity index (χ1) is 8.90. The van der Waals surface area contributed by atoms with Crippen LogP contribution in [0.4, 0.5) is 5.69 Å². The van der Waals surface area contributed by atoms with Gasteiger partial charge in [0, 0.05) is 18.7 Å². The first kappa shape index (κ1) is 15.6. The van der Waals surface area contributed by atoms with E-state index in [-0.39, 0.29) is 16.5 Å². The van der Waals surface area contributed by atoms with Gasteiger partial charge in [0.25, 0.3) is 5.69 Å². The van der Waals surface area contributed by atoms with Crippen molar-refractivity contribution in [2.45, 2.75) is 31.6 Å². The van der Waals surface area contributed by atoms with Crippen molar-refractivity contribution in [3.63, 3.8) is 0 Å². The second-order valence-electron chi connectivity index (χ2n) is 4.29. The highest BCUT2D eigenvalue weighted by Crippen LogP contribution is 2.17. The number of benzene rings is 1. The second kappa shape index (κ2) is 6.63. The summed E-state index contributed by atoms with van der Waals surface area (Å²) in [5.74, 6) is 0.272. The highest BCUT2D eigenvalue weighted by Gasteiger charge is 2.18. The fraction of sp³-hybridized carbons (Fsp3) is 0.500. The molecule has 19 heavy (non-hydrogen) atoms. The zero-order chi connectivity index (χ0) is 14.5. The topological polar surface area (TPSA) is 89.3 Å². The van der Waals surface area contributed by atoms with E-state index in [1.54, 1.807) is 0 Å². The molecule has 0 spiro atoms. The van der Waals surface area contributed by atoms with Crippen LogP contribution in [0.25, 0.3) is 0 Å². The standard InChI is InChI=1S/C12H18N2O4S/c1-3-10(4-2)9-13-19(17,18)12-7-5-6-11(8-12)14(15)16/h5-8,10,13H,3-4,9H2,1-2H3. The van der Waals surface area contributed by atoms with Crippen LogP contribution in [0.5, 0.6) is 0 Å². The number of nitro benzene ring substituents is 1. The number of rotatable bonds is 7. The zero-order valence-corrected chi connectivity index (χ0v) is 11.8. The normalized spacial score (nSPS) is 11.7. The third-order valence-electron chi connectivity index (χ3n) is 3.06. The van der Waals surface area contributed by atoms with Crippen LogP contribution in [0.2, 0.25) is 0 Å². The van der Waals surface area contributed by atoms with Crippen LogP contribution in [-0.2, 0) is 10.0 Å². The molecule has 0 fully saturated rings. The third kappa shape index (κ3) is 4.29. The molecule has 1 N–H and O–H groups in total. The largest absolute Gasteiger partial charge is 0.270 e. The Morgan fingerprint density at radius 2 is 1.95 bits per heavy atom. The second-order valence-corrected chi connectivity index (χ2v) is 6.06. The van der Waals surface area contributed by atoms with Crippen LogP contribution in [0, 0.1) is 16.0 Å². The van der Waals surface area contributed by atoms with Gasteiger partial charge in [-0.05, 0) is 12.0 Å². The predicted molar refractivity (Wildman–Crippen MR) is 72.4 cm³/mol. The average Bonchev–Trinajstić information content (AvgIpc) is 2.40. The van der Waals surface area contributed by atoms with E-state index in [4.69, 9.17) is 0 Å². The summed E-state index contributed by atoms with van der Waals surface area (Å²) in [6.07, 6.45) is 1.77. The van der Waals surface area contributed by atoms with Crippen molar-refractivity contribution in [3.8, 4) is 0 Å². The Morgan fingerprint density at radius 3 is 2.47 bits per heavy atom. The van der Waals surface area contributed by atoms with E-state index in [9.17, 15) is 18.5 Å². The maximum atomic E-state index is 12.0. The van der Waals surface area contributed by atoms with Gasteiger partial charge in [-0.25, -0.2) is 13.1 Å². The molecule has 0 aliphatic heterocycles. The molecule has 0 unspecified atom stereocenters. The molecule has 0 bridgehead atoms. The molecule has 0 aliphatic carbocycles. The van der Waals surface area contributed by atoms with Gasteiger partial charge in [-0.1, -0.05) is 32.8 Å². The molecule has 1 aromatic carbocycles. The van der Waals surface area contributed by atoms with E-state index in [1.807, 2.05) is 13.8 Å². The fourth-order valence-electron chi connectivity index (χ4n) is 1.65. The molecule has 0 radical (unpaired) electrons. The molecule has 7 heteroatoms. The Labute approximate surface area is 113 Å². The SMILES string of the molecule is CCC(CC)CNS(=O)(=O)c1cccc([N+](=O)[O-])c1. The molecule has 0 saturated carbocycles. The van der Waals surface area contributed by atoms with E-state index in [1.165, 1.54) is 18.2 Å². The number of nitro groups is 1. The van der Waals surface area contributed by atoms with Gasteiger partial charge < -0.3 is 0 Å². The van der Waals surface area contributed by atoms with Gasteiger partial charge in [0.1, 0.15) is 0 Å². The molecule has 0 atom stereocenters. The Bertz CT molecular complexity index is 538. The number of non-ortho nitro benzene ring substituents is 1. The molecule has 1 aromatic rings. The zero-order valence-electron chi connectivity index (χ0n) is 11.0. The number of hydrogen-bond donors (Lipinski definition) is 1. The van der Waals surface area contributed by atoms with Gasteiger partial charge in [-0.15, -0.1) is 0 Å². The first-order valence-electron chi connectivity index (χ1n) is 6.14. The predicted octanol–water partition coefficient (Wildman–Crippen LogP) is 2.31. The van der Waals surface area contributed by atoms with E-state index < -0.39 is 14.9 Å². The molecule has 6 nitrogen and oxygen atoms in total. The van der Waals surface area contributed by atoms with Crippen LogP contribution < -0.4 is 4.72 Å². The lowest BCUT2D eigenvalue weighted by Gasteiger charge is -2.13. The van der Waals surface area contributed by atoms with Crippen LogP contribution in [-0.4, -0.2) is 19.9 Å². The van der Waals surface area contributed by atoms with Gasteiger partial charge >= 0.3 is 0 Å². The van der Waals surface area contributed by atoms with Crippen LogP contribution in [0.15, 0.2) is 29.2 Å². The molecule has 0 amide bonds. The van der Waals surface area contributed by atoms with Crippen LogP contribution in [0.3, 0.4) is 0 Å². The molecule has 106 valence electrons. The first-order valence-corrected chi connectivity index (χ1v) is 7.63. The quantitative estimate of drug-likeness (QED) is 0.615. The lowest BCUT2D eigenvalue weighted by molar-refractivity contribution is -0.385. The summed E-state index contributed by atoms with van der Waals surface area (Å²) in [7, 11) is -3.69. The Morgan fingerprint density at radius 1 is 1.32 bits per heavy atom. The van der Waals surface area contributed by atoms with E-state index in [0.29, 0.717) is 6.54 Å². The van der Waals surface area contributed by atoms with Gasteiger partial charge in [0.15, 0.2) is 0 Å². The molecule has 0 saturated heterocycles. The van der Waals surface area contributed by atoms with Gasteiger partial charge in [-0.2, -0.15) is 0 Å². The maximum absolute atomic E-state index is 12.0.